The van der Waals surface area contributed by atoms with Crippen LogP contribution in [0.1, 0.15) is 22.9 Å². The Morgan fingerprint density at radius 1 is 0.968 bits per heavy atom. The van der Waals surface area contributed by atoms with Gasteiger partial charge in [-0.15, -0.1) is 0 Å². The van der Waals surface area contributed by atoms with Crippen LogP contribution in [-0.4, -0.2) is 35.9 Å². The van der Waals surface area contributed by atoms with Gasteiger partial charge in [0.25, 0.3) is 11.7 Å². The Morgan fingerprint density at radius 3 is 2.13 bits per heavy atom. The summed E-state index contributed by atoms with van der Waals surface area (Å²) in [5.74, 6) is 0.0880. The van der Waals surface area contributed by atoms with Crippen molar-refractivity contribution in [3.05, 3.63) is 89.4 Å². The zero-order valence-corrected chi connectivity index (χ0v) is 17.1. The van der Waals surface area contributed by atoms with Crippen molar-refractivity contribution in [1.29, 1.82) is 0 Å². The molecule has 3 aromatic rings. The number of ether oxygens (including phenoxy) is 2. The van der Waals surface area contributed by atoms with Gasteiger partial charge in [-0.25, -0.2) is 0 Å². The number of nitrogens with zero attached hydrogens (tertiary/aromatic N) is 1. The number of carbonyl (C=O) groups excluding carboxylic acids is 2. The molecule has 1 aliphatic rings. The van der Waals surface area contributed by atoms with Crippen LogP contribution in [0.15, 0.2) is 76.9 Å². The van der Waals surface area contributed by atoms with Crippen molar-refractivity contribution in [2.45, 2.75) is 12.6 Å². The van der Waals surface area contributed by atoms with Gasteiger partial charge in [0.05, 0.1) is 38.6 Å². The van der Waals surface area contributed by atoms with Gasteiger partial charge in [0.2, 0.25) is 0 Å². The van der Waals surface area contributed by atoms with Crippen molar-refractivity contribution in [3.8, 4) is 11.5 Å². The van der Waals surface area contributed by atoms with Crippen molar-refractivity contribution >= 4 is 17.4 Å². The highest BCUT2D eigenvalue weighted by molar-refractivity contribution is 6.46. The van der Waals surface area contributed by atoms with Gasteiger partial charge in [0, 0.05) is 5.56 Å². The average Bonchev–Trinajstić information content (AvgIpc) is 3.41. The van der Waals surface area contributed by atoms with Crippen molar-refractivity contribution in [3.63, 3.8) is 0 Å². The Kier molecular flexibility index (Phi) is 5.49. The van der Waals surface area contributed by atoms with E-state index in [0.29, 0.717) is 28.4 Å². The van der Waals surface area contributed by atoms with Crippen LogP contribution in [0.5, 0.6) is 11.5 Å². The van der Waals surface area contributed by atoms with E-state index in [9.17, 15) is 14.7 Å². The summed E-state index contributed by atoms with van der Waals surface area (Å²) in [5.41, 5.74) is 1.10. The van der Waals surface area contributed by atoms with Crippen molar-refractivity contribution in [2.24, 2.45) is 0 Å². The van der Waals surface area contributed by atoms with E-state index in [4.69, 9.17) is 13.9 Å². The number of methoxy groups -OCH3 is 2. The molecule has 1 fully saturated rings. The molecule has 7 nitrogen and oxygen atoms in total. The number of likely N-dealkylation sites (tertiary alicyclic amines) is 1. The van der Waals surface area contributed by atoms with Crippen molar-refractivity contribution < 1.29 is 28.6 Å². The molecule has 0 saturated carbocycles. The molecule has 1 atom stereocenters. The Hall–Kier alpha value is -4.00. The number of amides is 1. The minimum atomic E-state index is -0.780. The molecule has 1 aliphatic heterocycles. The lowest BCUT2D eigenvalue weighted by molar-refractivity contribution is -0.140. The number of ketones is 1. The zero-order chi connectivity index (χ0) is 22.0. The molecule has 1 N–H and O–H groups in total. The van der Waals surface area contributed by atoms with E-state index in [1.54, 1.807) is 74.9 Å². The second kappa shape index (κ2) is 8.39. The fraction of sp³-hybridized carbons (Fsp3) is 0.167. The van der Waals surface area contributed by atoms with E-state index in [1.165, 1.54) is 11.2 Å². The number of hydrogen-bond donors (Lipinski definition) is 1. The van der Waals surface area contributed by atoms with Gasteiger partial charge in [-0.05, 0) is 54.1 Å². The molecular weight excluding hydrogens is 398 g/mol. The van der Waals surface area contributed by atoms with E-state index in [0.717, 1.165) is 0 Å². The summed E-state index contributed by atoms with van der Waals surface area (Å²) < 4.78 is 15.8. The predicted molar refractivity (Wildman–Crippen MR) is 113 cm³/mol. The number of furan rings is 1. The van der Waals surface area contributed by atoms with E-state index < -0.39 is 17.7 Å². The summed E-state index contributed by atoms with van der Waals surface area (Å²) in [6.07, 6.45) is 1.51. The number of aliphatic hydroxyl groups excluding tert-OH is 1. The number of benzene rings is 2. The molecule has 2 aromatic carbocycles. The quantitative estimate of drug-likeness (QED) is 0.370. The van der Waals surface area contributed by atoms with Gasteiger partial charge < -0.3 is 23.9 Å². The molecule has 0 bridgehead atoms. The van der Waals surface area contributed by atoms with Crippen molar-refractivity contribution in [1.82, 2.24) is 4.90 Å². The van der Waals surface area contributed by atoms with E-state index in [1.807, 2.05) is 0 Å². The Morgan fingerprint density at radius 2 is 1.58 bits per heavy atom. The third-order valence-corrected chi connectivity index (χ3v) is 5.24. The second-order valence-corrected chi connectivity index (χ2v) is 7.01. The average molecular weight is 419 g/mol. The molecule has 1 amide bonds. The van der Waals surface area contributed by atoms with Gasteiger partial charge in [0.15, 0.2) is 0 Å². The molecule has 1 aromatic heterocycles. The highest BCUT2D eigenvalue weighted by Gasteiger charge is 2.46. The van der Waals surface area contributed by atoms with Crippen LogP contribution in [0.25, 0.3) is 5.76 Å². The maximum absolute atomic E-state index is 13.0. The highest BCUT2D eigenvalue weighted by Crippen LogP contribution is 2.40. The lowest BCUT2D eigenvalue weighted by atomic mass is 9.95. The summed E-state index contributed by atoms with van der Waals surface area (Å²) in [7, 11) is 3.10. The first-order valence-corrected chi connectivity index (χ1v) is 9.62. The Bertz CT molecular complexity index is 1110. The molecule has 0 aliphatic carbocycles. The van der Waals surface area contributed by atoms with Gasteiger partial charge in [0.1, 0.15) is 23.0 Å². The molecule has 0 radical (unpaired) electrons. The van der Waals surface area contributed by atoms with Crippen LogP contribution in [0, 0.1) is 0 Å². The number of carbonyl (C=O) groups is 2. The lowest BCUT2D eigenvalue weighted by Crippen LogP contribution is -2.29. The maximum Gasteiger partial charge on any atom is 0.296 e. The predicted octanol–water partition coefficient (Wildman–Crippen LogP) is 3.92. The molecular formula is C24H21NO6. The van der Waals surface area contributed by atoms with E-state index in [-0.39, 0.29) is 17.9 Å². The van der Waals surface area contributed by atoms with E-state index in [2.05, 4.69) is 0 Å². The molecule has 158 valence electrons. The van der Waals surface area contributed by atoms with Crippen LogP contribution < -0.4 is 9.47 Å². The van der Waals surface area contributed by atoms with E-state index >= 15 is 0 Å². The molecule has 4 rings (SSSR count). The first-order chi connectivity index (χ1) is 15.0. The first kappa shape index (κ1) is 20.3. The van der Waals surface area contributed by atoms with Gasteiger partial charge in [-0.3, -0.25) is 9.59 Å². The smallest absolute Gasteiger partial charge is 0.296 e. The van der Waals surface area contributed by atoms with Gasteiger partial charge >= 0.3 is 0 Å². The third-order valence-electron chi connectivity index (χ3n) is 5.24. The van der Waals surface area contributed by atoms with Gasteiger partial charge in [-0.1, -0.05) is 12.1 Å². The lowest BCUT2D eigenvalue weighted by Gasteiger charge is -2.24. The minimum absolute atomic E-state index is 0.0203. The number of aliphatic hydroxyl groups is 1. The van der Waals surface area contributed by atoms with Crippen LogP contribution in [0.4, 0.5) is 0 Å². The number of hydrogen-bond acceptors (Lipinski definition) is 6. The first-order valence-electron chi connectivity index (χ1n) is 9.62. The minimum Gasteiger partial charge on any atom is -0.507 e. The normalized spacial score (nSPS) is 17.7. The largest absolute Gasteiger partial charge is 0.507 e. The summed E-state index contributed by atoms with van der Waals surface area (Å²) in [4.78, 5) is 27.3. The third kappa shape index (κ3) is 3.77. The van der Waals surface area contributed by atoms with Crippen LogP contribution in [-0.2, 0) is 16.1 Å². The molecule has 31 heavy (non-hydrogen) atoms. The standard InChI is InChI=1S/C24H21NO6/c1-29-17-9-5-15(6-10-17)21-20(22(26)16-7-11-18(30-2)12-8-16)23(27)24(28)25(21)14-19-4-3-13-31-19/h3-13,21,26H,14H2,1-2H3/b22-20-. The monoisotopic (exact) mass is 419 g/mol. The number of rotatable bonds is 6. The molecule has 1 unspecified atom stereocenters. The Labute approximate surface area is 179 Å². The fourth-order valence-electron chi connectivity index (χ4n) is 3.65. The molecule has 0 spiro atoms. The summed E-state index contributed by atoms with van der Waals surface area (Å²) in [6.45, 7) is 0.0909. The summed E-state index contributed by atoms with van der Waals surface area (Å²) in [5, 5.41) is 11.0. The van der Waals surface area contributed by atoms with Crippen LogP contribution in [0.3, 0.4) is 0 Å². The summed E-state index contributed by atoms with van der Waals surface area (Å²) in [6, 6.07) is 16.3. The highest BCUT2D eigenvalue weighted by atomic mass is 16.5. The number of Topliss-reactive ketones (excluding diaryl/α,β-unsaturated/α-hetero) is 1. The Balaban J connectivity index is 1.83. The van der Waals surface area contributed by atoms with Crippen LogP contribution in [0.2, 0.25) is 0 Å². The maximum atomic E-state index is 13.0. The molecule has 1 saturated heterocycles. The van der Waals surface area contributed by atoms with Crippen molar-refractivity contribution in [2.75, 3.05) is 14.2 Å². The SMILES string of the molecule is COc1ccc(/C(O)=C2/C(=O)C(=O)N(Cc3ccco3)C2c2ccc(OC)cc2)cc1. The second-order valence-electron chi connectivity index (χ2n) is 7.01. The summed E-state index contributed by atoms with van der Waals surface area (Å²) >= 11 is 0. The molecule has 2 heterocycles. The molecule has 7 heteroatoms. The fourth-order valence-corrected chi connectivity index (χ4v) is 3.65. The zero-order valence-electron chi connectivity index (χ0n) is 17.1. The van der Waals surface area contributed by atoms with Crippen LogP contribution >= 0.6 is 0 Å². The topological polar surface area (TPSA) is 89.2 Å². The van der Waals surface area contributed by atoms with Gasteiger partial charge in [-0.2, -0.15) is 0 Å².